The van der Waals surface area contributed by atoms with E-state index in [1.165, 1.54) is 18.4 Å². The maximum Gasteiger partial charge on any atom is 0.0480 e. The maximum absolute atomic E-state index is 5.43. The molecule has 0 fully saturated rings. The van der Waals surface area contributed by atoms with Crippen LogP contribution in [0.3, 0.4) is 0 Å². The van der Waals surface area contributed by atoms with Gasteiger partial charge in [-0.1, -0.05) is 24.3 Å². The summed E-state index contributed by atoms with van der Waals surface area (Å²) in [4.78, 5) is 0. The molecule has 0 radical (unpaired) electrons. The molecule has 2 heteroatoms. The van der Waals surface area contributed by atoms with Gasteiger partial charge in [0.05, 0.1) is 0 Å². The normalized spacial score (nSPS) is 19.5. The lowest BCUT2D eigenvalue weighted by Gasteiger charge is -2.33. The van der Waals surface area contributed by atoms with Crippen LogP contribution >= 0.6 is 0 Å². The van der Waals surface area contributed by atoms with Crippen LogP contribution in [0, 0.1) is 0 Å². The monoisotopic (exact) mass is 233 g/mol. The first-order chi connectivity index (χ1) is 8.35. The quantitative estimate of drug-likeness (QED) is 0.731. The minimum atomic E-state index is 0.583. The van der Waals surface area contributed by atoms with E-state index in [2.05, 4.69) is 43.6 Å². The SMILES string of the molecule is CCOCCC(CC1Cc2ccccc21)NC. The lowest BCUT2D eigenvalue weighted by atomic mass is 9.74. The standard InChI is InChI=1S/C15H23NO/c1-3-17-9-8-14(16-2)11-13-10-12-6-4-5-7-15(12)13/h4-7,13-14,16H,3,8-11H2,1-2H3. The van der Waals surface area contributed by atoms with Crippen LogP contribution < -0.4 is 5.32 Å². The molecule has 0 heterocycles. The summed E-state index contributed by atoms with van der Waals surface area (Å²) in [5, 5.41) is 3.41. The van der Waals surface area contributed by atoms with Crippen LogP contribution in [0.15, 0.2) is 24.3 Å². The third-order valence-electron chi connectivity index (χ3n) is 3.75. The highest BCUT2D eigenvalue weighted by Crippen LogP contribution is 2.38. The fraction of sp³-hybridized carbons (Fsp3) is 0.600. The molecular weight excluding hydrogens is 210 g/mol. The second-order valence-electron chi connectivity index (χ2n) is 4.81. The third-order valence-corrected chi connectivity index (χ3v) is 3.75. The van der Waals surface area contributed by atoms with Gasteiger partial charge >= 0.3 is 0 Å². The van der Waals surface area contributed by atoms with E-state index in [-0.39, 0.29) is 0 Å². The first-order valence-electron chi connectivity index (χ1n) is 6.68. The molecule has 1 aromatic rings. The van der Waals surface area contributed by atoms with Crippen LogP contribution in [0.5, 0.6) is 0 Å². The first-order valence-corrected chi connectivity index (χ1v) is 6.68. The van der Waals surface area contributed by atoms with Gasteiger partial charge in [0.15, 0.2) is 0 Å². The Balaban J connectivity index is 1.81. The molecule has 1 aromatic carbocycles. The molecule has 0 aromatic heterocycles. The highest BCUT2D eigenvalue weighted by atomic mass is 16.5. The molecule has 0 saturated heterocycles. The molecule has 1 aliphatic rings. The van der Waals surface area contributed by atoms with Crippen molar-refractivity contribution in [2.45, 2.75) is 38.1 Å². The van der Waals surface area contributed by atoms with Crippen LogP contribution in [0.2, 0.25) is 0 Å². The van der Waals surface area contributed by atoms with Crippen molar-refractivity contribution in [3.63, 3.8) is 0 Å². The van der Waals surface area contributed by atoms with Crippen LogP contribution in [-0.4, -0.2) is 26.3 Å². The van der Waals surface area contributed by atoms with Gasteiger partial charge in [-0.15, -0.1) is 0 Å². The van der Waals surface area contributed by atoms with Crippen molar-refractivity contribution in [2.75, 3.05) is 20.3 Å². The van der Waals surface area contributed by atoms with Crippen LogP contribution in [0.25, 0.3) is 0 Å². The fourth-order valence-electron chi connectivity index (χ4n) is 2.67. The largest absolute Gasteiger partial charge is 0.382 e. The molecule has 0 aliphatic heterocycles. The minimum Gasteiger partial charge on any atom is -0.382 e. The van der Waals surface area contributed by atoms with E-state index in [1.807, 2.05) is 0 Å². The van der Waals surface area contributed by atoms with Gasteiger partial charge < -0.3 is 10.1 Å². The van der Waals surface area contributed by atoms with Gasteiger partial charge in [-0.05, 0) is 50.3 Å². The smallest absolute Gasteiger partial charge is 0.0480 e. The van der Waals surface area contributed by atoms with Crippen molar-refractivity contribution < 1.29 is 4.74 Å². The molecule has 17 heavy (non-hydrogen) atoms. The first kappa shape index (κ1) is 12.6. The molecule has 2 unspecified atom stereocenters. The van der Waals surface area contributed by atoms with Gasteiger partial charge in [0.2, 0.25) is 0 Å². The summed E-state index contributed by atoms with van der Waals surface area (Å²) in [6, 6.07) is 9.40. The summed E-state index contributed by atoms with van der Waals surface area (Å²) in [7, 11) is 2.06. The molecule has 0 amide bonds. The molecule has 0 saturated carbocycles. The zero-order chi connectivity index (χ0) is 12.1. The Kier molecular flexibility index (Phi) is 4.57. The second-order valence-corrected chi connectivity index (χ2v) is 4.81. The minimum absolute atomic E-state index is 0.583. The molecule has 1 aliphatic carbocycles. The molecule has 2 atom stereocenters. The van der Waals surface area contributed by atoms with Gasteiger partial charge in [0, 0.05) is 19.3 Å². The van der Waals surface area contributed by atoms with Gasteiger partial charge in [0.1, 0.15) is 0 Å². The molecule has 2 nitrogen and oxygen atoms in total. The van der Waals surface area contributed by atoms with Crippen molar-refractivity contribution in [2.24, 2.45) is 0 Å². The Labute approximate surface area is 104 Å². The van der Waals surface area contributed by atoms with Gasteiger partial charge in [-0.25, -0.2) is 0 Å². The Hall–Kier alpha value is -0.860. The van der Waals surface area contributed by atoms with E-state index in [4.69, 9.17) is 4.74 Å². The van der Waals surface area contributed by atoms with Crippen molar-refractivity contribution in [3.05, 3.63) is 35.4 Å². The van der Waals surface area contributed by atoms with E-state index >= 15 is 0 Å². The summed E-state index contributed by atoms with van der Waals surface area (Å²) < 4.78 is 5.43. The van der Waals surface area contributed by atoms with Gasteiger partial charge in [0.25, 0.3) is 0 Å². The van der Waals surface area contributed by atoms with E-state index in [0.717, 1.165) is 25.6 Å². The highest BCUT2D eigenvalue weighted by Gasteiger charge is 2.27. The van der Waals surface area contributed by atoms with E-state index in [1.54, 1.807) is 5.56 Å². The number of ether oxygens (including phenoxy) is 1. The summed E-state index contributed by atoms with van der Waals surface area (Å²) in [6.07, 6.45) is 3.60. The Morgan fingerprint density at radius 3 is 2.94 bits per heavy atom. The van der Waals surface area contributed by atoms with Crippen LogP contribution in [-0.2, 0) is 11.2 Å². The molecule has 2 rings (SSSR count). The molecule has 94 valence electrons. The number of hydrogen-bond donors (Lipinski definition) is 1. The van der Waals surface area contributed by atoms with Crippen molar-refractivity contribution in [1.82, 2.24) is 5.32 Å². The van der Waals surface area contributed by atoms with Crippen molar-refractivity contribution in [1.29, 1.82) is 0 Å². The molecular formula is C15H23NO. The van der Waals surface area contributed by atoms with Crippen molar-refractivity contribution in [3.8, 4) is 0 Å². The highest BCUT2D eigenvalue weighted by molar-refractivity contribution is 5.39. The van der Waals surface area contributed by atoms with E-state index < -0.39 is 0 Å². The summed E-state index contributed by atoms with van der Waals surface area (Å²) in [5.74, 6) is 0.755. The predicted octanol–water partition coefficient (Wildman–Crippen LogP) is 2.73. The van der Waals surface area contributed by atoms with Gasteiger partial charge in [-0.2, -0.15) is 0 Å². The predicted molar refractivity (Wildman–Crippen MR) is 71.5 cm³/mol. The topological polar surface area (TPSA) is 21.3 Å². The number of hydrogen-bond acceptors (Lipinski definition) is 2. The average Bonchev–Trinajstić information content (AvgIpc) is 2.34. The van der Waals surface area contributed by atoms with E-state index in [9.17, 15) is 0 Å². The third kappa shape index (κ3) is 3.08. The van der Waals surface area contributed by atoms with E-state index in [0.29, 0.717) is 6.04 Å². The Bertz CT molecular complexity index is 351. The zero-order valence-corrected chi connectivity index (χ0v) is 10.9. The average molecular weight is 233 g/mol. The molecule has 0 spiro atoms. The lowest BCUT2D eigenvalue weighted by molar-refractivity contribution is 0.135. The Morgan fingerprint density at radius 1 is 1.41 bits per heavy atom. The van der Waals surface area contributed by atoms with Gasteiger partial charge in [-0.3, -0.25) is 0 Å². The molecule has 1 N–H and O–H groups in total. The second kappa shape index (κ2) is 6.18. The van der Waals surface area contributed by atoms with Crippen LogP contribution in [0.1, 0.15) is 36.8 Å². The lowest BCUT2D eigenvalue weighted by Crippen LogP contribution is -2.31. The number of fused-ring (bicyclic) bond motifs is 1. The fourth-order valence-corrected chi connectivity index (χ4v) is 2.67. The maximum atomic E-state index is 5.43. The van der Waals surface area contributed by atoms with Crippen molar-refractivity contribution >= 4 is 0 Å². The summed E-state index contributed by atoms with van der Waals surface area (Å²) in [5.41, 5.74) is 3.10. The zero-order valence-electron chi connectivity index (χ0n) is 10.9. The summed E-state index contributed by atoms with van der Waals surface area (Å²) >= 11 is 0. The number of rotatable bonds is 7. The Morgan fingerprint density at radius 2 is 2.24 bits per heavy atom. The summed E-state index contributed by atoms with van der Waals surface area (Å²) in [6.45, 7) is 3.75. The molecule has 0 bridgehead atoms. The number of benzene rings is 1. The van der Waals surface area contributed by atoms with Crippen LogP contribution in [0.4, 0.5) is 0 Å². The number of nitrogens with one attached hydrogen (secondary N) is 1.